The number of ether oxygens (including phenoxy) is 1. The lowest BCUT2D eigenvalue weighted by molar-refractivity contribution is -0.135. The zero-order valence-corrected chi connectivity index (χ0v) is 12.3. The van der Waals surface area contributed by atoms with Crippen LogP contribution in [0.5, 0.6) is 0 Å². The Bertz CT molecular complexity index is 542. The molecule has 1 amide bonds. The van der Waals surface area contributed by atoms with Gasteiger partial charge in [0, 0.05) is 45.0 Å². The van der Waals surface area contributed by atoms with Crippen LogP contribution >= 0.6 is 0 Å². The van der Waals surface area contributed by atoms with Crippen molar-refractivity contribution in [3.63, 3.8) is 0 Å². The number of aromatic nitrogens is 3. The molecular weight excluding hydrogens is 268 g/mol. The molecule has 0 aliphatic rings. The third-order valence-corrected chi connectivity index (χ3v) is 3.25. The minimum atomic E-state index is -0.339. The first-order valence-electron chi connectivity index (χ1n) is 6.88. The summed E-state index contributed by atoms with van der Waals surface area (Å²) >= 11 is 0. The summed E-state index contributed by atoms with van der Waals surface area (Å²) in [5, 5.41) is 4.13. The molecule has 0 N–H and O–H groups in total. The molecule has 0 saturated carbocycles. The van der Waals surface area contributed by atoms with Crippen LogP contribution in [-0.2, 0) is 16.1 Å². The predicted molar refractivity (Wildman–Crippen MR) is 78.5 cm³/mol. The smallest absolute Gasteiger partial charge is 0.247 e. The Labute approximate surface area is 124 Å². The zero-order valence-electron chi connectivity index (χ0n) is 12.3. The Morgan fingerprint density at radius 3 is 2.90 bits per heavy atom. The van der Waals surface area contributed by atoms with Gasteiger partial charge in [0.15, 0.2) is 0 Å². The van der Waals surface area contributed by atoms with Crippen LogP contribution in [0, 0.1) is 0 Å². The predicted octanol–water partition coefficient (Wildman–Crippen LogP) is 1.51. The second kappa shape index (κ2) is 7.54. The molecule has 112 valence electrons. The number of nitrogens with zero attached hydrogens (tertiary/aromatic N) is 4. The number of pyridine rings is 1. The molecule has 21 heavy (non-hydrogen) atoms. The van der Waals surface area contributed by atoms with E-state index in [-0.39, 0.29) is 11.9 Å². The second-order valence-corrected chi connectivity index (χ2v) is 4.78. The van der Waals surface area contributed by atoms with Gasteiger partial charge in [-0.1, -0.05) is 6.07 Å². The second-order valence-electron chi connectivity index (χ2n) is 4.78. The maximum absolute atomic E-state index is 12.6. The van der Waals surface area contributed by atoms with Crippen molar-refractivity contribution in [2.45, 2.75) is 19.5 Å². The van der Waals surface area contributed by atoms with Gasteiger partial charge in [0.05, 0.1) is 6.61 Å². The molecule has 0 fully saturated rings. The number of methoxy groups -OCH3 is 1. The van der Waals surface area contributed by atoms with Crippen molar-refractivity contribution < 1.29 is 9.53 Å². The molecule has 0 aromatic carbocycles. The van der Waals surface area contributed by atoms with Crippen LogP contribution in [0.3, 0.4) is 0 Å². The molecule has 1 atom stereocenters. The van der Waals surface area contributed by atoms with Gasteiger partial charge in [0.25, 0.3) is 0 Å². The van der Waals surface area contributed by atoms with Gasteiger partial charge in [-0.15, -0.1) is 0 Å². The summed E-state index contributed by atoms with van der Waals surface area (Å²) in [6.07, 6.45) is 6.95. The number of hydrogen-bond acceptors (Lipinski definition) is 4. The highest BCUT2D eigenvalue weighted by molar-refractivity contribution is 5.80. The van der Waals surface area contributed by atoms with Crippen molar-refractivity contribution in [1.82, 2.24) is 19.7 Å². The lowest BCUT2D eigenvalue weighted by Crippen LogP contribution is -2.38. The maximum Gasteiger partial charge on any atom is 0.247 e. The van der Waals surface area contributed by atoms with Crippen molar-refractivity contribution in [3.8, 4) is 0 Å². The van der Waals surface area contributed by atoms with Crippen molar-refractivity contribution >= 4 is 5.91 Å². The monoisotopic (exact) mass is 288 g/mol. The lowest BCUT2D eigenvalue weighted by Gasteiger charge is -2.25. The van der Waals surface area contributed by atoms with Gasteiger partial charge in [-0.2, -0.15) is 5.10 Å². The Morgan fingerprint density at radius 1 is 1.43 bits per heavy atom. The molecule has 2 aromatic heterocycles. The normalized spacial score (nSPS) is 12.1. The van der Waals surface area contributed by atoms with E-state index in [4.69, 9.17) is 4.74 Å². The van der Waals surface area contributed by atoms with Gasteiger partial charge in [-0.05, 0) is 24.6 Å². The number of carbonyl (C=O) groups excluding carboxylic acids is 1. The number of amides is 1. The Kier molecular flexibility index (Phi) is 5.45. The van der Waals surface area contributed by atoms with Gasteiger partial charge < -0.3 is 9.64 Å². The van der Waals surface area contributed by atoms with E-state index in [1.807, 2.05) is 25.1 Å². The molecule has 0 radical (unpaired) electrons. The standard InChI is InChI=1S/C15H20N4O2/c1-13(19-8-4-7-17-19)15(20)18(9-10-21-2)12-14-5-3-6-16-11-14/h3-8,11,13H,9-10,12H2,1-2H3/t13-/m1/s1. The molecule has 6 heteroatoms. The SMILES string of the molecule is COCCN(Cc1cccnc1)C(=O)[C@@H](C)n1cccn1. The van der Waals surface area contributed by atoms with Crippen LogP contribution in [0.4, 0.5) is 0 Å². The average molecular weight is 288 g/mol. The largest absolute Gasteiger partial charge is 0.383 e. The first-order valence-corrected chi connectivity index (χ1v) is 6.88. The van der Waals surface area contributed by atoms with Crippen molar-refractivity contribution in [2.75, 3.05) is 20.3 Å². The van der Waals surface area contributed by atoms with Gasteiger partial charge in [0.1, 0.15) is 6.04 Å². The van der Waals surface area contributed by atoms with Crippen LogP contribution in [0.2, 0.25) is 0 Å². The molecule has 0 saturated heterocycles. The van der Waals surface area contributed by atoms with E-state index in [1.54, 1.807) is 41.5 Å². The summed E-state index contributed by atoms with van der Waals surface area (Å²) < 4.78 is 6.76. The summed E-state index contributed by atoms with van der Waals surface area (Å²) in [5.74, 6) is 0.0135. The summed E-state index contributed by atoms with van der Waals surface area (Å²) in [4.78, 5) is 18.5. The first kappa shape index (κ1) is 15.2. The highest BCUT2D eigenvalue weighted by Crippen LogP contribution is 2.12. The van der Waals surface area contributed by atoms with E-state index in [2.05, 4.69) is 10.1 Å². The fourth-order valence-electron chi connectivity index (χ4n) is 2.07. The van der Waals surface area contributed by atoms with E-state index in [0.29, 0.717) is 19.7 Å². The minimum absolute atomic E-state index is 0.0135. The third-order valence-electron chi connectivity index (χ3n) is 3.25. The zero-order chi connectivity index (χ0) is 15.1. The van der Waals surface area contributed by atoms with Crippen LogP contribution in [0.15, 0.2) is 43.0 Å². The lowest BCUT2D eigenvalue weighted by atomic mass is 10.2. The fourth-order valence-corrected chi connectivity index (χ4v) is 2.07. The molecule has 2 heterocycles. The Balaban J connectivity index is 2.09. The van der Waals surface area contributed by atoms with E-state index in [9.17, 15) is 4.79 Å². The highest BCUT2D eigenvalue weighted by atomic mass is 16.5. The molecule has 0 aliphatic heterocycles. The third kappa shape index (κ3) is 4.13. The van der Waals surface area contributed by atoms with Crippen LogP contribution in [0.1, 0.15) is 18.5 Å². The summed E-state index contributed by atoms with van der Waals surface area (Å²) in [7, 11) is 1.63. The molecule has 0 unspecified atom stereocenters. The molecule has 6 nitrogen and oxygen atoms in total. The van der Waals surface area contributed by atoms with Crippen molar-refractivity contribution in [2.24, 2.45) is 0 Å². The molecule has 2 aromatic rings. The molecule has 2 rings (SSSR count). The average Bonchev–Trinajstić information content (AvgIpc) is 3.05. The van der Waals surface area contributed by atoms with E-state index >= 15 is 0 Å². The van der Waals surface area contributed by atoms with E-state index in [0.717, 1.165) is 5.56 Å². The summed E-state index contributed by atoms with van der Waals surface area (Å²) in [6, 6.07) is 5.29. The molecule has 0 aliphatic carbocycles. The van der Waals surface area contributed by atoms with Crippen molar-refractivity contribution in [3.05, 3.63) is 48.5 Å². The topological polar surface area (TPSA) is 60.2 Å². The maximum atomic E-state index is 12.6. The number of carbonyl (C=O) groups is 1. The van der Waals surface area contributed by atoms with Crippen LogP contribution < -0.4 is 0 Å². The summed E-state index contributed by atoms with van der Waals surface area (Å²) in [6.45, 7) is 3.40. The number of rotatable bonds is 7. The van der Waals surface area contributed by atoms with E-state index in [1.165, 1.54) is 0 Å². The van der Waals surface area contributed by atoms with Gasteiger partial charge in [-0.25, -0.2) is 0 Å². The molecule has 0 spiro atoms. The first-order chi connectivity index (χ1) is 10.2. The van der Waals surface area contributed by atoms with Crippen LogP contribution in [0.25, 0.3) is 0 Å². The highest BCUT2D eigenvalue weighted by Gasteiger charge is 2.22. The quantitative estimate of drug-likeness (QED) is 0.775. The Hall–Kier alpha value is -2.21. The van der Waals surface area contributed by atoms with E-state index < -0.39 is 0 Å². The summed E-state index contributed by atoms with van der Waals surface area (Å²) in [5.41, 5.74) is 0.995. The Morgan fingerprint density at radius 2 is 2.29 bits per heavy atom. The van der Waals surface area contributed by atoms with Gasteiger partial charge in [0.2, 0.25) is 5.91 Å². The fraction of sp³-hybridized carbons (Fsp3) is 0.400. The van der Waals surface area contributed by atoms with Gasteiger partial charge in [-0.3, -0.25) is 14.5 Å². The van der Waals surface area contributed by atoms with Gasteiger partial charge >= 0.3 is 0 Å². The minimum Gasteiger partial charge on any atom is -0.383 e. The van der Waals surface area contributed by atoms with Crippen LogP contribution in [-0.4, -0.2) is 45.8 Å². The number of hydrogen-bond donors (Lipinski definition) is 0. The molecular formula is C15H20N4O2. The molecule has 0 bridgehead atoms. The van der Waals surface area contributed by atoms with Crippen molar-refractivity contribution in [1.29, 1.82) is 0 Å².